The average molecular weight is 550 g/mol. The molecule has 0 aromatic heterocycles. The number of esters is 1. The predicted molar refractivity (Wildman–Crippen MR) is 149 cm³/mol. The van der Waals surface area contributed by atoms with E-state index in [9.17, 15) is 19.2 Å². The van der Waals surface area contributed by atoms with E-state index in [-0.39, 0.29) is 18.5 Å². The van der Waals surface area contributed by atoms with Gasteiger partial charge in [-0.25, -0.2) is 9.59 Å². The van der Waals surface area contributed by atoms with E-state index in [1.165, 1.54) is 0 Å². The van der Waals surface area contributed by atoms with Crippen LogP contribution in [0, 0.1) is 0 Å². The van der Waals surface area contributed by atoms with Gasteiger partial charge in [0.15, 0.2) is 0 Å². The molecule has 3 N–H and O–H groups in total. The molecule has 0 heterocycles. The van der Waals surface area contributed by atoms with E-state index >= 15 is 0 Å². The van der Waals surface area contributed by atoms with Crippen LogP contribution in [0.25, 0.3) is 0 Å². The molecule has 10 heteroatoms. The summed E-state index contributed by atoms with van der Waals surface area (Å²) in [5.41, 5.74) is -0.316. The van der Waals surface area contributed by atoms with Gasteiger partial charge in [0.1, 0.15) is 23.9 Å². The first-order chi connectivity index (χ1) is 18.2. The topological polar surface area (TPSA) is 132 Å². The summed E-state index contributed by atoms with van der Waals surface area (Å²) in [6.45, 7) is 11.7. The van der Waals surface area contributed by atoms with Crippen molar-refractivity contribution < 1.29 is 33.4 Å². The van der Waals surface area contributed by atoms with Crippen LogP contribution >= 0.6 is 0 Å². The fraction of sp³-hybridized carbons (Fsp3) is 0.655. The normalized spacial score (nSPS) is 12.2. The van der Waals surface area contributed by atoms with Crippen LogP contribution in [0.3, 0.4) is 0 Å². The molecule has 0 spiro atoms. The van der Waals surface area contributed by atoms with E-state index < -0.39 is 29.4 Å². The van der Waals surface area contributed by atoms with Crippen molar-refractivity contribution >= 4 is 24.1 Å². The number of benzene rings is 1. The summed E-state index contributed by atoms with van der Waals surface area (Å²) in [6, 6.07) is 8.75. The predicted octanol–water partition coefficient (Wildman–Crippen LogP) is 4.99. The van der Waals surface area contributed by atoms with E-state index in [0.717, 1.165) is 12.0 Å². The Morgan fingerprint density at radius 1 is 0.744 bits per heavy atom. The van der Waals surface area contributed by atoms with Gasteiger partial charge in [-0.1, -0.05) is 36.8 Å². The zero-order chi connectivity index (χ0) is 29.3. The zero-order valence-corrected chi connectivity index (χ0v) is 24.4. The van der Waals surface area contributed by atoms with Crippen molar-refractivity contribution in [3.63, 3.8) is 0 Å². The monoisotopic (exact) mass is 549 g/mol. The van der Waals surface area contributed by atoms with Crippen molar-refractivity contribution in [2.24, 2.45) is 0 Å². The van der Waals surface area contributed by atoms with Crippen LogP contribution in [0.5, 0.6) is 0 Å². The molecule has 1 rings (SSSR count). The molecule has 0 radical (unpaired) electrons. The van der Waals surface area contributed by atoms with E-state index in [2.05, 4.69) is 16.0 Å². The van der Waals surface area contributed by atoms with Crippen molar-refractivity contribution in [2.75, 3.05) is 13.1 Å². The van der Waals surface area contributed by atoms with Crippen molar-refractivity contribution in [2.45, 2.75) is 110 Å². The van der Waals surface area contributed by atoms with Gasteiger partial charge in [0.25, 0.3) is 0 Å². The minimum Gasteiger partial charge on any atom is -0.461 e. The van der Waals surface area contributed by atoms with Crippen molar-refractivity contribution in [1.29, 1.82) is 0 Å². The number of rotatable bonds is 15. The Hall–Kier alpha value is -3.30. The Bertz CT molecular complexity index is 892. The smallest absolute Gasteiger partial charge is 0.408 e. The second-order valence-corrected chi connectivity index (χ2v) is 11.4. The van der Waals surface area contributed by atoms with Gasteiger partial charge in [-0.15, -0.1) is 0 Å². The fourth-order valence-corrected chi connectivity index (χ4v) is 3.41. The first-order valence-electron chi connectivity index (χ1n) is 13.7. The highest BCUT2D eigenvalue weighted by Crippen LogP contribution is 2.10. The lowest BCUT2D eigenvalue weighted by Crippen LogP contribution is -2.48. The standard InChI is InChI=1S/C29H47N3O7/c1-28(2,3)38-26(35)31-20-14-12-17-23(32-27(36)39-29(4,5)6)25(34)30-19-13-8-11-18-24(33)37-21-22-15-9-7-10-16-22/h7,9-10,15-16,23H,8,11-14,17-21H2,1-6H3,(H,30,34)(H,31,35)(H,32,36). The molecule has 0 saturated carbocycles. The molecule has 0 aliphatic rings. The molecule has 0 fully saturated rings. The van der Waals surface area contributed by atoms with E-state index in [1.54, 1.807) is 41.5 Å². The summed E-state index contributed by atoms with van der Waals surface area (Å²) in [5, 5.41) is 8.19. The number of carbonyl (C=O) groups excluding carboxylic acids is 4. The molecular weight excluding hydrogens is 502 g/mol. The van der Waals surface area contributed by atoms with Crippen LogP contribution in [-0.4, -0.2) is 54.4 Å². The maximum Gasteiger partial charge on any atom is 0.408 e. The number of hydrogen-bond acceptors (Lipinski definition) is 7. The van der Waals surface area contributed by atoms with Crippen LogP contribution < -0.4 is 16.0 Å². The maximum atomic E-state index is 12.8. The number of ether oxygens (including phenoxy) is 3. The highest BCUT2D eigenvalue weighted by atomic mass is 16.6. The summed E-state index contributed by atoms with van der Waals surface area (Å²) in [5.74, 6) is -0.547. The molecule has 3 amide bonds. The summed E-state index contributed by atoms with van der Waals surface area (Å²) in [7, 11) is 0. The van der Waals surface area contributed by atoms with Gasteiger partial charge in [0.05, 0.1) is 0 Å². The Morgan fingerprint density at radius 3 is 1.97 bits per heavy atom. The maximum absolute atomic E-state index is 12.8. The third kappa shape index (κ3) is 18.6. The number of nitrogens with one attached hydrogen (secondary N) is 3. The molecule has 1 aromatic rings. The minimum atomic E-state index is -0.769. The van der Waals surface area contributed by atoms with E-state index in [0.29, 0.717) is 51.6 Å². The molecule has 1 unspecified atom stereocenters. The van der Waals surface area contributed by atoms with Crippen LogP contribution in [-0.2, 0) is 30.4 Å². The van der Waals surface area contributed by atoms with Crippen molar-refractivity contribution in [3.05, 3.63) is 35.9 Å². The van der Waals surface area contributed by atoms with Gasteiger partial charge in [-0.05, 0) is 79.2 Å². The second kappa shape index (κ2) is 17.3. The average Bonchev–Trinajstić information content (AvgIpc) is 2.82. The number of carbonyl (C=O) groups is 4. The largest absolute Gasteiger partial charge is 0.461 e. The molecule has 39 heavy (non-hydrogen) atoms. The Balaban J connectivity index is 2.36. The number of alkyl carbamates (subject to hydrolysis) is 2. The molecule has 220 valence electrons. The van der Waals surface area contributed by atoms with Crippen LogP contribution in [0.2, 0.25) is 0 Å². The van der Waals surface area contributed by atoms with Gasteiger partial charge in [0, 0.05) is 19.5 Å². The number of hydrogen-bond donors (Lipinski definition) is 3. The summed E-state index contributed by atoms with van der Waals surface area (Å²) in [6.07, 6.45) is 2.85. The number of amides is 3. The minimum absolute atomic E-state index is 0.245. The molecular formula is C29H47N3O7. The third-order valence-electron chi connectivity index (χ3n) is 5.19. The van der Waals surface area contributed by atoms with Crippen molar-refractivity contribution in [1.82, 2.24) is 16.0 Å². The van der Waals surface area contributed by atoms with E-state index in [4.69, 9.17) is 14.2 Å². The van der Waals surface area contributed by atoms with E-state index in [1.807, 2.05) is 30.3 Å². The summed E-state index contributed by atoms with van der Waals surface area (Å²) >= 11 is 0. The molecule has 0 bridgehead atoms. The molecule has 10 nitrogen and oxygen atoms in total. The van der Waals surface area contributed by atoms with Crippen molar-refractivity contribution in [3.8, 4) is 0 Å². The van der Waals surface area contributed by atoms with Crippen LogP contribution in [0.1, 0.15) is 92.1 Å². The first-order valence-corrected chi connectivity index (χ1v) is 13.7. The highest BCUT2D eigenvalue weighted by molar-refractivity contribution is 5.85. The van der Waals surface area contributed by atoms with Gasteiger partial charge in [-0.2, -0.15) is 0 Å². The summed E-state index contributed by atoms with van der Waals surface area (Å²) in [4.78, 5) is 48.8. The van der Waals surface area contributed by atoms with Gasteiger partial charge in [0.2, 0.25) is 5.91 Å². The van der Waals surface area contributed by atoms with Gasteiger partial charge >= 0.3 is 18.2 Å². The zero-order valence-electron chi connectivity index (χ0n) is 24.4. The Morgan fingerprint density at radius 2 is 1.33 bits per heavy atom. The highest BCUT2D eigenvalue weighted by Gasteiger charge is 2.24. The third-order valence-corrected chi connectivity index (χ3v) is 5.19. The van der Waals surface area contributed by atoms with Gasteiger partial charge < -0.3 is 30.2 Å². The molecule has 0 aliphatic heterocycles. The fourth-order valence-electron chi connectivity index (χ4n) is 3.41. The number of unbranched alkanes of at least 4 members (excludes halogenated alkanes) is 3. The Kier molecular flexibility index (Phi) is 15.0. The molecule has 1 atom stereocenters. The molecule has 0 saturated heterocycles. The molecule has 0 aliphatic carbocycles. The SMILES string of the molecule is CC(C)(C)OC(=O)NCCCCC(NC(=O)OC(C)(C)C)C(=O)NCCCCCC(=O)OCc1ccccc1. The Labute approximate surface area is 232 Å². The molecule has 1 aromatic carbocycles. The van der Waals surface area contributed by atoms with Crippen LogP contribution in [0.4, 0.5) is 9.59 Å². The second-order valence-electron chi connectivity index (χ2n) is 11.4. The van der Waals surface area contributed by atoms with Crippen LogP contribution in [0.15, 0.2) is 30.3 Å². The lowest BCUT2D eigenvalue weighted by Gasteiger charge is -2.23. The quantitative estimate of drug-likeness (QED) is 0.159. The van der Waals surface area contributed by atoms with Gasteiger partial charge in [-0.3, -0.25) is 9.59 Å². The summed E-state index contributed by atoms with van der Waals surface area (Å²) < 4.78 is 15.8. The lowest BCUT2D eigenvalue weighted by atomic mass is 10.1. The lowest BCUT2D eigenvalue weighted by molar-refractivity contribution is -0.145. The first kappa shape index (κ1) is 33.7.